The van der Waals surface area contributed by atoms with Gasteiger partial charge >= 0.3 is 5.97 Å². The van der Waals surface area contributed by atoms with Gasteiger partial charge in [-0.25, -0.2) is 0 Å². The maximum atomic E-state index is 10.7. The van der Waals surface area contributed by atoms with Crippen LogP contribution in [0.2, 0.25) is 0 Å². The van der Waals surface area contributed by atoms with Crippen LogP contribution < -0.4 is 0 Å². The van der Waals surface area contributed by atoms with Gasteiger partial charge in [0.25, 0.3) is 0 Å². The Balaban J connectivity index is 4.57. The standard InChI is InChI=1S/C9H15BrO2/c1-5-6(9(2,3)4)7(10)8(11)12/h5-7H,1H2,2-4H3,(H,11,12)/t6-,7+/m0/s1. The third-order valence-electron chi connectivity index (χ3n) is 1.81. The van der Waals surface area contributed by atoms with Crippen molar-refractivity contribution >= 4 is 21.9 Å². The number of halogens is 1. The zero-order valence-corrected chi connectivity index (χ0v) is 9.26. The zero-order chi connectivity index (χ0) is 9.94. The summed E-state index contributed by atoms with van der Waals surface area (Å²) < 4.78 is 0. The van der Waals surface area contributed by atoms with E-state index in [-0.39, 0.29) is 11.3 Å². The third-order valence-corrected chi connectivity index (χ3v) is 2.77. The normalized spacial score (nSPS) is 16.7. The summed E-state index contributed by atoms with van der Waals surface area (Å²) in [6.07, 6.45) is 1.69. The summed E-state index contributed by atoms with van der Waals surface area (Å²) in [6, 6.07) is 0. The first-order valence-electron chi connectivity index (χ1n) is 3.80. The van der Waals surface area contributed by atoms with E-state index in [2.05, 4.69) is 22.5 Å². The van der Waals surface area contributed by atoms with E-state index < -0.39 is 10.8 Å². The predicted octanol–water partition coefficient (Wildman–Crippen LogP) is 2.68. The van der Waals surface area contributed by atoms with Crippen molar-refractivity contribution in [2.45, 2.75) is 25.6 Å². The Morgan fingerprint density at radius 3 is 2.08 bits per heavy atom. The molecule has 0 bridgehead atoms. The Hall–Kier alpha value is -0.310. The number of allylic oxidation sites excluding steroid dienone is 1. The quantitative estimate of drug-likeness (QED) is 0.603. The largest absolute Gasteiger partial charge is 0.480 e. The van der Waals surface area contributed by atoms with Crippen LogP contribution in [0, 0.1) is 11.3 Å². The lowest BCUT2D eigenvalue weighted by Gasteiger charge is -2.29. The van der Waals surface area contributed by atoms with Gasteiger partial charge in [-0.2, -0.15) is 0 Å². The first-order chi connectivity index (χ1) is 5.30. The minimum absolute atomic E-state index is 0.0602. The van der Waals surface area contributed by atoms with Crippen LogP contribution in [0.5, 0.6) is 0 Å². The summed E-state index contributed by atoms with van der Waals surface area (Å²) >= 11 is 3.13. The molecule has 0 radical (unpaired) electrons. The molecule has 3 heteroatoms. The molecule has 2 atom stereocenters. The Labute approximate surface area is 81.8 Å². The highest BCUT2D eigenvalue weighted by Gasteiger charge is 2.32. The highest BCUT2D eigenvalue weighted by atomic mass is 79.9. The Bertz CT molecular complexity index is 181. The first kappa shape index (κ1) is 11.7. The third kappa shape index (κ3) is 2.97. The van der Waals surface area contributed by atoms with Crippen molar-refractivity contribution < 1.29 is 9.90 Å². The fraction of sp³-hybridized carbons (Fsp3) is 0.667. The smallest absolute Gasteiger partial charge is 0.317 e. The van der Waals surface area contributed by atoms with Crippen LogP contribution in [0.4, 0.5) is 0 Å². The second-order valence-electron chi connectivity index (χ2n) is 3.87. The highest BCUT2D eigenvalue weighted by molar-refractivity contribution is 9.10. The van der Waals surface area contributed by atoms with Crippen molar-refractivity contribution in [1.82, 2.24) is 0 Å². The van der Waals surface area contributed by atoms with Crippen molar-refractivity contribution in [2.75, 3.05) is 0 Å². The molecule has 0 amide bonds. The second-order valence-corrected chi connectivity index (χ2v) is 4.85. The van der Waals surface area contributed by atoms with Crippen molar-refractivity contribution in [3.8, 4) is 0 Å². The van der Waals surface area contributed by atoms with Crippen LogP contribution in [0.25, 0.3) is 0 Å². The van der Waals surface area contributed by atoms with Gasteiger partial charge < -0.3 is 5.11 Å². The van der Waals surface area contributed by atoms with E-state index in [9.17, 15) is 4.79 Å². The Morgan fingerprint density at radius 2 is 2.00 bits per heavy atom. The van der Waals surface area contributed by atoms with Crippen molar-refractivity contribution in [3.05, 3.63) is 12.7 Å². The molecule has 0 spiro atoms. The van der Waals surface area contributed by atoms with Gasteiger partial charge in [0.1, 0.15) is 4.83 Å². The van der Waals surface area contributed by atoms with E-state index in [1.807, 2.05) is 20.8 Å². The molecule has 0 rings (SSSR count). The maximum absolute atomic E-state index is 10.7. The molecule has 1 N–H and O–H groups in total. The number of carboxylic acid groups (broad SMARTS) is 1. The highest BCUT2D eigenvalue weighted by Crippen LogP contribution is 2.33. The lowest BCUT2D eigenvalue weighted by molar-refractivity contribution is -0.137. The molecule has 0 heterocycles. The topological polar surface area (TPSA) is 37.3 Å². The summed E-state index contributed by atoms with van der Waals surface area (Å²) in [5, 5.41) is 8.75. The van der Waals surface area contributed by atoms with Gasteiger partial charge in [0.05, 0.1) is 0 Å². The van der Waals surface area contributed by atoms with Gasteiger partial charge in [0.2, 0.25) is 0 Å². The van der Waals surface area contributed by atoms with Gasteiger partial charge in [-0.05, 0) is 5.41 Å². The van der Waals surface area contributed by atoms with Crippen LogP contribution in [-0.4, -0.2) is 15.9 Å². The molecule has 0 unspecified atom stereocenters. The molecule has 0 saturated carbocycles. The predicted molar refractivity (Wildman–Crippen MR) is 53.5 cm³/mol. The molecule has 0 aromatic rings. The van der Waals surface area contributed by atoms with Crippen molar-refractivity contribution in [1.29, 1.82) is 0 Å². The lowest BCUT2D eigenvalue weighted by Crippen LogP contribution is -2.32. The number of hydrogen-bond donors (Lipinski definition) is 1. The number of hydrogen-bond acceptors (Lipinski definition) is 1. The maximum Gasteiger partial charge on any atom is 0.317 e. The average molecular weight is 235 g/mol. The van der Waals surface area contributed by atoms with Gasteiger partial charge in [0, 0.05) is 5.92 Å². The summed E-state index contributed by atoms with van der Waals surface area (Å²) in [5.41, 5.74) is -0.0751. The summed E-state index contributed by atoms with van der Waals surface area (Å²) in [7, 11) is 0. The molecule has 0 aromatic carbocycles. The fourth-order valence-electron chi connectivity index (χ4n) is 1.07. The summed E-state index contributed by atoms with van der Waals surface area (Å²) in [4.78, 5) is 10.1. The molecule has 0 fully saturated rings. The van der Waals surface area contributed by atoms with Crippen molar-refractivity contribution in [3.63, 3.8) is 0 Å². The lowest BCUT2D eigenvalue weighted by atomic mass is 9.79. The van der Waals surface area contributed by atoms with E-state index in [1.165, 1.54) is 0 Å². The van der Waals surface area contributed by atoms with Gasteiger partial charge in [-0.3, -0.25) is 4.79 Å². The minimum Gasteiger partial charge on any atom is -0.480 e. The Kier molecular flexibility index (Phi) is 3.97. The van der Waals surface area contributed by atoms with Gasteiger partial charge in [-0.1, -0.05) is 42.8 Å². The number of carbonyl (C=O) groups is 1. The van der Waals surface area contributed by atoms with Crippen LogP contribution in [0.15, 0.2) is 12.7 Å². The first-order valence-corrected chi connectivity index (χ1v) is 4.71. The molecule has 70 valence electrons. The summed E-state index contributed by atoms with van der Waals surface area (Å²) in [6.45, 7) is 9.63. The van der Waals surface area contributed by atoms with Gasteiger partial charge in [0.15, 0.2) is 0 Å². The monoisotopic (exact) mass is 234 g/mol. The molecule has 0 aromatic heterocycles. The molecular weight excluding hydrogens is 220 g/mol. The fourth-order valence-corrected chi connectivity index (χ4v) is 2.07. The number of carboxylic acids is 1. The molecule has 12 heavy (non-hydrogen) atoms. The minimum atomic E-state index is -0.838. The number of alkyl halides is 1. The van der Waals surface area contributed by atoms with Crippen LogP contribution in [0.1, 0.15) is 20.8 Å². The van der Waals surface area contributed by atoms with Crippen LogP contribution in [-0.2, 0) is 4.79 Å². The average Bonchev–Trinajstić information content (AvgIpc) is 1.85. The van der Waals surface area contributed by atoms with E-state index in [1.54, 1.807) is 6.08 Å². The molecule has 0 aliphatic heterocycles. The van der Waals surface area contributed by atoms with Crippen molar-refractivity contribution in [2.24, 2.45) is 11.3 Å². The van der Waals surface area contributed by atoms with E-state index in [4.69, 9.17) is 5.11 Å². The van der Waals surface area contributed by atoms with E-state index >= 15 is 0 Å². The molecule has 0 aliphatic carbocycles. The molecule has 0 saturated heterocycles. The molecule has 0 aliphatic rings. The molecular formula is C9H15BrO2. The second kappa shape index (κ2) is 4.08. The Morgan fingerprint density at radius 1 is 1.58 bits per heavy atom. The van der Waals surface area contributed by atoms with Gasteiger partial charge in [-0.15, -0.1) is 6.58 Å². The van der Waals surface area contributed by atoms with Crippen LogP contribution in [0.3, 0.4) is 0 Å². The SMILES string of the molecule is C=C[C@@H]([C@@H](Br)C(=O)O)C(C)(C)C. The summed E-state index contributed by atoms with van der Waals surface area (Å²) in [5.74, 6) is -0.898. The van der Waals surface area contributed by atoms with Crippen LogP contribution >= 0.6 is 15.9 Å². The molecule has 2 nitrogen and oxygen atoms in total. The number of rotatable bonds is 3. The van der Waals surface area contributed by atoms with E-state index in [0.717, 1.165) is 0 Å². The zero-order valence-electron chi connectivity index (χ0n) is 7.67. The number of aliphatic carboxylic acids is 1. The van der Waals surface area contributed by atoms with E-state index in [0.29, 0.717) is 0 Å².